The molecule has 0 saturated heterocycles. The number of hydrogen-bond acceptors (Lipinski definition) is 2. The lowest BCUT2D eigenvalue weighted by atomic mass is 9.98. The Labute approximate surface area is 94.9 Å². The Morgan fingerprint density at radius 3 is 2.40 bits per heavy atom. The highest BCUT2D eigenvalue weighted by molar-refractivity contribution is 8.01. The van der Waals surface area contributed by atoms with Crippen molar-refractivity contribution in [3.05, 3.63) is 53.5 Å². The molecule has 1 aromatic carbocycles. The number of allylic oxidation sites excluding steroid dienone is 2. The van der Waals surface area contributed by atoms with Crippen molar-refractivity contribution in [2.24, 2.45) is 0 Å². The Morgan fingerprint density at radius 1 is 1.33 bits per heavy atom. The minimum absolute atomic E-state index is 0.0131. The third-order valence-electron chi connectivity index (χ3n) is 2.07. The molecule has 0 aliphatic rings. The number of carbonyl (C=O) groups is 1. The predicted octanol–water partition coefficient (Wildman–Crippen LogP) is 3.54. The zero-order chi connectivity index (χ0) is 11.3. The van der Waals surface area contributed by atoms with Crippen LogP contribution in [0, 0.1) is 0 Å². The lowest BCUT2D eigenvalue weighted by Gasteiger charge is -2.07. The molecule has 0 unspecified atom stereocenters. The van der Waals surface area contributed by atoms with Gasteiger partial charge in [0, 0.05) is 5.57 Å². The van der Waals surface area contributed by atoms with E-state index < -0.39 is 0 Å². The van der Waals surface area contributed by atoms with Crippen LogP contribution in [0.2, 0.25) is 0 Å². The van der Waals surface area contributed by atoms with E-state index in [9.17, 15) is 4.79 Å². The highest BCUT2D eigenvalue weighted by Crippen LogP contribution is 2.24. The summed E-state index contributed by atoms with van der Waals surface area (Å²) < 4.78 is 0. The Balaban J connectivity index is 3.11. The van der Waals surface area contributed by atoms with Gasteiger partial charge in [0.05, 0.1) is 0 Å². The van der Waals surface area contributed by atoms with Crippen LogP contribution >= 0.6 is 11.8 Å². The number of ketones is 1. The summed E-state index contributed by atoms with van der Waals surface area (Å²) in [5.41, 5.74) is 2.51. The smallest absolute Gasteiger partial charge is 0.159 e. The number of benzene rings is 1. The molecular weight excluding hydrogens is 204 g/mol. The second-order valence-electron chi connectivity index (χ2n) is 3.17. The van der Waals surface area contributed by atoms with Crippen molar-refractivity contribution in [1.82, 2.24) is 0 Å². The first kappa shape index (κ1) is 11.8. The second-order valence-corrected chi connectivity index (χ2v) is 3.88. The summed E-state index contributed by atoms with van der Waals surface area (Å²) in [5, 5.41) is 1.96. The van der Waals surface area contributed by atoms with E-state index >= 15 is 0 Å². The lowest BCUT2D eigenvalue weighted by molar-refractivity contribution is -0.113. The molecule has 0 aliphatic heterocycles. The molecule has 0 fully saturated rings. The van der Waals surface area contributed by atoms with Crippen LogP contribution in [-0.4, -0.2) is 12.0 Å². The van der Waals surface area contributed by atoms with Crippen LogP contribution in [0.15, 0.2) is 47.9 Å². The van der Waals surface area contributed by atoms with E-state index in [2.05, 4.69) is 6.58 Å². The molecule has 0 aliphatic carbocycles. The first-order chi connectivity index (χ1) is 7.16. The molecule has 0 aromatic heterocycles. The number of rotatable bonds is 4. The molecule has 0 heterocycles. The maximum Gasteiger partial charge on any atom is 0.159 e. The van der Waals surface area contributed by atoms with Gasteiger partial charge in [0.25, 0.3) is 0 Å². The van der Waals surface area contributed by atoms with Gasteiger partial charge in [-0.05, 0) is 29.7 Å². The average molecular weight is 218 g/mol. The molecule has 1 aromatic rings. The molecule has 1 nitrogen and oxygen atoms in total. The largest absolute Gasteiger partial charge is 0.295 e. The number of carbonyl (C=O) groups excluding carboxylic acids is 1. The Bertz CT molecular complexity index is 390. The van der Waals surface area contributed by atoms with Gasteiger partial charge >= 0.3 is 0 Å². The Kier molecular flexibility index (Phi) is 4.37. The summed E-state index contributed by atoms with van der Waals surface area (Å²) in [4.78, 5) is 11.3. The van der Waals surface area contributed by atoms with E-state index in [0.717, 1.165) is 11.1 Å². The van der Waals surface area contributed by atoms with E-state index in [1.54, 1.807) is 18.7 Å². The molecule has 0 radical (unpaired) electrons. The number of Topliss-reactive ketones (excluding diaryl/α,β-unsaturated/α-hetero) is 1. The average Bonchev–Trinajstić information content (AvgIpc) is 2.26. The van der Waals surface area contributed by atoms with Crippen LogP contribution in [0.5, 0.6) is 0 Å². The Morgan fingerprint density at radius 2 is 1.93 bits per heavy atom. The topological polar surface area (TPSA) is 17.1 Å². The minimum atomic E-state index is 0.0131. The monoisotopic (exact) mass is 218 g/mol. The molecule has 0 spiro atoms. The van der Waals surface area contributed by atoms with Gasteiger partial charge in [0.1, 0.15) is 0 Å². The zero-order valence-corrected chi connectivity index (χ0v) is 9.80. The van der Waals surface area contributed by atoms with Crippen LogP contribution in [0.4, 0.5) is 0 Å². The summed E-state index contributed by atoms with van der Waals surface area (Å²) in [6, 6.07) is 9.83. The van der Waals surface area contributed by atoms with E-state index in [-0.39, 0.29) is 5.78 Å². The Hall–Kier alpha value is -1.28. The molecular formula is C13H14OS. The summed E-state index contributed by atoms with van der Waals surface area (Å²) in [5.74, 6) is 0.0131. The maximum absolute atomic E-state index is 11.3. The summed E-state index contributed by atoms with van der Waals surface area (Å²) in [6.07, 6.45) is 1.97. The molecule has 1 rings (SSSR count). The van der Waals surface area contributed by atoms with E-state index in [4.69, 9.17) is 0 Å². The number of thioether (sulfide) groups is 1. The predicted molar refractivity (Wildman–Crippen MR) is 67.8 cm³/mol. The summed E-state index contributed by atoms with van der Waals surface area (Å²) in [7, 11) is 0. The van der Waals surface area contributed by atoms with Gasteiger partial charge in [-0.1, -0.05) is 36.9 Å². The van der Waals surface area contributed by atoms with Gasteiger partial charge in [-0.3, -0.25) is 4.79 Å². The van der Waals surface area contributed by atoms with Crippen molar-refractivity contribution in [1.29, 1.82) is 0 Å². The molecule has 0 N–H and O–H groups in total. The minimum Gasteiger partial charge on any atom is -0.295 e. The van der Waals surface area contributed by atoms with Crippen LogP contribution < -0.4 is 0 Å². The molecule has 2 heteroatoms. The fourth-order valence-corrected chi connectivity index (χ4v) is 1.75. The third-order valence-corrected chi connectivity index (χ3v) is 2.54. The second kappa shape index (κ2) is 5.56. The standard InChI is InChI=1S/C13H14OS/c1-10(11(2)14)13(9-15-3)12-7-5-4-6-8-12/h4-9H,1H2,2-3H3/b13-9+. The van der Waals surface area contributed by atoms with Gasteiger partial charge in [-0.2, -0.15) is 0 Å². The molecule has 0 saturated carbocycles. The molecule has 0 amide bonds. The van der Waals surface area contributed by atoms with Crippen LogP contribution in [0.25, 0.3) is 5.57 Å². The number of hydrogen-bond donors (Lipinski definition) is 0. The lowest BCUT2D eigenvalue weighted by Crippen LogP contribution is -1.97. The van der Waals surface area contributed by atoms with Crippen molar-refractivity contribution < 1.29 is 4.79 Å². The SMILES string of the molecule is C=C(C(C)=O)/C(=C\SC)c1ccccc1. The van der Waals surface area contributed by atoms with Crippen LogP contribution in [0.1, 0.15) is 12.5 Å². The van der Waals surface area contributed by atoms with Gasteiger partial charge < -0.3 is 0 Å². The van der Waals surface area contributed by atoms with Crippen molar-refractivity contribution >= 4 is 23.1 Å². The highest BCUT2D eigenvalue weighted by Gasteiger charge is 2.09. The molecule has 78 valence electrons. The van der Waals surface area contributed by atoms with Crippen LogP contribution in [0.3, 0.4) is 0 Å². The van der Waals surface area contributed by atoms with Crippen molar-refractivity contribution in [3.8, 4) is 0 Å². The van der Waals surface area contributed by atoms with E-state index in [0.29, 0.717) is 5.57 Å². The van der Waals surface area contributed by atoms with Crippen molar-refractivity contribution in [2.45, 2.75) is 6.92 Å². The molecule has 0 bridgehead atoms. The maximum atomic E-state index is 11.3. The quantitative estimate of drug-likeness (QED) is 0.568. The zero-order valence-electron chi connectivity index (χ0n) is 8.99. The van der Waals surface area contributed by atoms with Gasteiger partial charge in [-0.25, -0.2) is 0 Å². The third kappa shape index (κ3) is 3.10. The van der Waals surface area contributed by atoms with Gasteiger partial charge in [0.15, 0.2) is 5.78 Å². The van der Waals surface area contributed by atoms with Crippen LogP contribution in [-0.2, 0) is 4.79 Å². The molecule has 0 atom stereocenters. The highest BCUT2D eigenvalue weighted by atomic mass is 32.2. The first-order valence-electron chi connectivity index (χ1n) is 4.65. The fraction of sp³-hybridized carbons (Fsp3) is 0.154. The summed E-state index contributed by atoms with van der Waals surface area (Å²) >= 11 is 1.58. The summed E-state index contributed by atoms with van der Waals surface area (Å²) in [6.45, 7) is 5.36. The van der Waals surface area contributed by atoms with Crippen molar-refractivity contribution in [3.63, 3.8) is 0 Å². The first-order valence-corrected chi connectivity index (χ1v) is 5.94. The van der Waals surface area contributed by atoms with E-state index in [1.807, 2.05) is 42.0 Å². The fourth-order valence-electron chi connectivity index (χ4n) is 1.24. The van der Waals surface area contributed by atoms with E-state index in [1.165, 1.54) is 0 Å². The normalized spacial score (nSPS) is 11.2. The van der Waals surface area contributed by atoms with Crippen molar-refractivity contribution in [2.75, 3.05) is 6.26 Å². The van der Waals surface area contributed by atoms with Gasteiger partial charge in [-0.15, -0.1) is 11.8 Å². The molecule has 15 heavy (non-hydrogen) atoms. The van der Waals surface area contributed by atoms with Gasteiger partial charge in [0.2, 0.25) is 0 Å².